The molecule has 4 bridgehead atoms. The number of amides is 1. The van der Waals surface area contributed by atoms with Gasteiger partial charge in [0.05, 0.1) is 11.1 Å². The van der Waals surface area contributed by atoms with Crippen molar-refractivity contribution in [3.05, 3.63) is 10.6 Å². The molecule has 1 aromatic rings. The molecule has 5 aliphatic carbocycles. The van der Waals surface area contributed by atoms with Gasteiger partial charge in [-0.25, -0.2) is 4.98 Å². The fourth-order valence-corrected chi connectivity index (χ4v) is 7.79. The highest BCUT2D eigenvalue weighted by Gasteiger charge is 2.60. The second kappa shape index (κ2) is 4.95. The lowest BCUT2D eigenvalue weighted by Crippen LogP contribution is -2.57. The molecular formula is C18H23ClN2OS. The average molecular weight is 351 g/mol. The van der Waals surface area contributed by atoms with E-state index in [1.807, 2.05) is 0 Å². The van der Waals surface area contributed by atoms with Crippen LogP contribution in [0.25, 0.3) is 0 Å². The molecule has 124 valence electrons. The van der Waals surface area contributed by atoms with Gasteiger partial charge in [-0.3, -0.25) is 4.79 Å². The van der Waals surface area contributed by atoms with Crippen LogP contribution < -0.4 is 5.32 Å². The van der Waals surface area contributed by atoms with E-state index in [9.17, 15) is 4.79 Å². The molecule has 5 heteroatoms. The van der Waals surface area contributed by atoms with Crippen LogP contribution in [0.15, 0.2) is 0 Å². The van der Waals surface area contributed by atoms with Crippen molar-refractivity contribution in [1.82, 2.24) is 4.98 Å². The average Bonchev–Trinajstić information content (AvgIpc) is 2.86. The number of aromatic nitrogens is 1. The molecule has 0 saturated heterocycles. The van der Waals surface area contributed by atoms with Crippen LogP contribution >= 0.6 is 22.9 Å². The number of hydrogen-bond acceptors (Lipinski definition) is 3. The quantitative estimate of drug-likeness (QED) is 0.796. The minimum absolute atomic E-state index is 0.108. The summed E-state index contributed by atoms with van der Waals surface area (Å²) in [5.41, 5.74) is 0.994. The number of aryl methyl sites for hydroxylation is 2. The van der Waals surface area contributed by atoms with Crippen LogP contribution in [0.1, 0.15) is 61.9 Å². The van der Waals surface area contributed by atoms with Gasteiger partial charge in [-0.1, -0.05) is 0 Å². The number of nitrogens with zero attached hydrogens (tertiary/aromatic N) is 1. The summed E-state index contributed by atoms with van der Waals surface area (Å²) in [7, 11) is 0. The second-order valence-electron chi connectivity index (χ2n) is 8.44. The summed E-state index contributed by atoms with van der Waals surface area (Å²) >= 11 is 8.55. The fourth-order valence-electron chi connectivity index (χ4n) is 6.05. The molecule has 4 fully saturated rings. The Bertz CT molecular complexity index is 632. The normalized spacial score (nSPS) is 40.9. The Morgan fingerprint density at radius 1 is 1.17 bits per heavy atom. The Morgan fingerprint density at radius 2 is 1.91 bits per heavy atom. The first-order chi connectivity index (χ1) is 11.0. The third kappa shape index (κ3) is 2.36. The van der Waals surface area contributed by atoms with Gasteiger partial charge in [-0.2, -0.15) is 0 Å². The van der Waals surface area contributed by atoms with Crippen molar-refractivity contribution < 1.29 is 4.79 Å². The number of alkyl halides is 1. The van der Waals surface area contributed by atoms with Crippen molar-refractivity contribution in [3.8, 4) is 0 Å². The largest absolute Gasteiger partial charge is 0.301 e. The van der Waals surface area contributed by atoms with E-state index in [1.165, 1.54) is 29.8 Å². The standard InChI is InChI=1S/C18H23ClN2OS/c19-18-8-11-5-12(9-18)7-17(6-11,10-18)15(22)21-16-20-13-3-1-2-4-14(13)23-16/h11-12H,1-10H2,(H,20,21,22)/t11-,12+,17?,18?. The summed E-state index contributed by atoms with van der Waals surface area (Å²) in [4.78, 5) is 19.1. The predicted octanol–water partition coefficient (Wildman–Crippen LogP) is 4.54. The summed E-state index contributed by atoms with van der Waals surface area (Å²) in [5.74, 6) is 1.51. The summed E-state index contributed by atoms with van der Waals surface area (Å²) < 4.78 is 0. The highest BCUT2D eigenvalue weighted by molar-refractivity contribution is 7.15. The van der Waals surface area contributed by atoms with E-state index in [0.29, 0.717) is 11.8 Å². The molecule has 4 atom stereocenters. The molecule has 2 unspecified atom stereocenters. The summed E-state index contributed by atoms with van der Waals surface area (Å²) in [6.45, 7) is 0. The Kier molecular flexibility index (Phi) is 3.17. The zero-order chi connectivity index (χ0) is 15.7. The number of halogens is 1. The van der Waals surface area contributed by atoms with Gasteiger partial charge in [-0.15, -0.1) is 22.9 Å². The molecule has 0 aliphatic heterocycles. The lowest BCUT2D eigenvalue weighted by Gasteiger charge is -2.59. The first-order valence-electron chi connectivity index (χ1n) is 9.03. The van der Waals surface area contributed by atoms with Crippen molar-refractivity contribution in [3.63, 3.8) is 0 Å². The van der Waals surface area contributed by atoms with E-state index in [-0.39, 0.29) is 16.2 Å². The Labute approximate surface area is 146 Å². The lowest BCUT2D eigenvalue weighted by atomic mass is 9.49. The van der Waals surface area contributed by atoms with Crippen LogP contribution in [-0.4, -0.2) is 15.8 Å². The molecule has 1 heterocycles. The Morgan fingerprint density at radius 3 is 2.61 bits per heavy atom. The van der Waals surface area contributed by atoms with Gasteiger partial charge < -0.3 is 5.32 Å². The van der Waals surface area contributed by atoms with Gasteiger partial charge in [0.15, 0.2) is 5.13 Å². The molecule has 3 nitrogen and oxygen atoms in total. The number of fused-ring (bicyclic) bond motifs is 1. The molecule has 1 amide bonds. The molecule has 4 saturated carbocycles. The van der Waals surface area contributed by atoms with Crippen LogP contribution in [0, 0.1) is 17.3 Å². The SMILES string of the molecule is O=C(Nc1nc2c(s1)CCCC2)C12C[C@@H]3C[C@@H](CC(Cl)(C3)C1)C2. The van der Waals surface area contributed by atoms with Crippen LogP contribution in [0.4, 0.5) is 5.13 Å². The Balaban J connectivity index is 1.39. The molecular weight excluding hydrogens is 328 g/mol. The van der Waals surface area contributed by atoms with Crippen molar-refractivity contribution in [2.45, 2.75) is 69.1 Å². The maximum Gasteiger partial charge on any atom is 0.232 e. The number of carbonyl (C=O) groups is 1. The first kappa shape index (κ1) is 14.7. The zero-order valence-electron chi connectivity index (χ0n) is 13.4. The number of anilines is 1. The Hall–Kier alpha value is -0.610. The predicted molar refractivity (Wildman–Crippen MR) is 93.1 cm³/mol. The number of carbonyl (C=O) groups excluding carboxylic acids is 1. The molecule has 1 N–H and O–H groups in total. The smallest absolute Gasteiger partial charge is 0.232 e. The topological polar surface area (TPSA) is 42.0 Å². The lowest BCUT2D eigenvalue weighted by molar-refractivity contribution is -0.138. The van der Waals surface area contributed by atoms with E-state index in [1.54, 1.807) is 11.3 Å². The highest BCUT2D eigenvalue weighted by atomic mass is 35.5. The van der Waals surface area contributed by atoms with E-state index < -0.39 is 0 Å². The molecule has 5 aliphatic rings. The summed E-state index contributed by atoms with van der Waals surface area (Å²) in [6.07, 6.45) is 11.1. The van der Waals surface area contributed by atoms with Crippen molar-refractivity contribution in [1.29, 1.82) is 0 Å². The molecule has 0 aromatic carbocycles. The van der Waals surface area contributed by atoms with E-state index in [0.717, 1.165) is 50.1 Å². The highest BCUT2D eigenvalue weighted by Crippen LogP contribution is 2.64. The maximum atomic E-state index is 13.1. The van der Waals surface area contributed by atoms with Gasteiger partial charge in [0.2, 0.25) is 5.91 Å². The van der Waals surface area contributed by atoms with Crippen molar-refractivity contribution in [2.75, 3.05) is 5.32 Å². The first-order valence-corrected chi connectivity index (χ1v) is 10.2. The fraction of sp³-hybridized carbons (Fsp3) is 0.778. The maximum absolute atomic E-state index is 13.1. The number of hydrogen-bond donors (Lipinski definition) is 1. The minimum Gasteiger partial charge on any atom is -0.301 e. The van der Waals surface area contributed by atoms with Gasteiger partial charge in [0.25, 0.3) is 0 Å². The number of rotatable bonds is 2. The third-order valence-corrected chi connectivity index (χ3v) is 8.05. The molecule has 6 rings (SSSR count). The van der Waals surface area contributed by atoms with Crippen LogP contribution in [-0.2, 0) is 17.6 Å². The third-order valence-electron chi connectivity index (χ3n) is 6.54. The number of nitrogens with one attached hydrogen (secondary N) is 1. The summed E-state index contributed by atoms with van der Waals surface area (Å²) in [6, 6.07) is 0. The molecule has 23 heavy (non-hydrogen) atoms. The number of thiazole rings is 1. The molecule has 0 spiro atoms. The zero-order valence-corrected chi connectivity index (χ0v) is 14.9. The van der Waals surface area contributed by atoms with Gasteiger partial charge in [0, 0.05) is 9.75 Å². The van der Waals surface area contributed by atoms with Gasteiger partial charge in [0.1, 0.15) is 0 Å². The van der Waals surface area contributed by atoms with E-state index in [4.69, 9.17) is 11.6 Å². The van der Waals surface area contributed by atoms with E-state index >= 15 is 0 Å². The van der Waals surface area contributed by atoms with E-state index in [2.05, 4.69) is 10.3 Å². The van der Waals surface area contributed by atoms with Crippen LogP contribution in [0.5, 0.6) is 0 Å². The summed E-state index contributed by atoms with van der Waals surface area (Å²) in [5, 5.41) is 4.00. The molecule has 1 aromatic heterocycles. The monoisotopic (exact) mass is 350 g/mol. The second-order valence-corrected chi connectivity index (χ2v) is 10.3. The molecule has 0 radical (unpaired) electrons. The van der Waals surface area contributed by atoms with Gasteiger partial charge >= 0.3 is 0 Å². The van der Waals surface area contributed by atoms with Crippen LogP contribution in [0.2, 0.25) is 0 Å². The van der Waals surface area contributed by atoms with Crippen molar-refractivity contribution in [2.24, 2.45) is 17.3 Å². The van der Waals surface area contributed by atoms with Gasteiger partial charge in [-0.05, 0) is 76.0 Å². The van der Waals surface area contributed by atoms with Crippen molar-refractivity contribution >= 4 is 34.0 Å². The van der Waals surface area contributed by atoms with Crippen LogP contribution in [0.3, 0.4) is 0 Å². The minimum atomic E-state index is -0.224.